The molecule has 0 unspecified atom stereocenters. The highest BCUT2D eigenvalue weighted by Gasteiger charge is 2.09. The van der Waals surface area contributed by atoms with E-state index >= 15 is 0 Å². The molecule has 3 heteroatoms. The lowest BCUT2D eigenvalue weighted by Gasteiger charge is -2.08. The van der Waals surface area contributed by atoms with Gasteiger partial charge < -0.3 is 5.11 Å². The molecule has 3 aromatic rings. The van der Waals surface area contributed by atoms with Crippen LogP contribution < -0.4 is 0 Å². The summed E-state index contributed by atoms with van der Waals surface area (Å²) in [4.78, 5) is 10.9. The third-order valence-corrected chi connectivity index (χ3v) is 4.77. The first-order valence-corrected chi connectivity index (χ1v) is 9.31. The molecule has 2 nitrogen and oxygen atoms in total. The van der Waals surface area contributed by atoms with Crippen LogP contribution in [0.4, 0.5) is 4.39 Å². The third kappa shape index (κ3) is 4.62. The Morgan fingerprint density at radius 1 is 0.852 bits per heavy atom. The maximum atomic E-state index is 14.6. The summed E-state index contributed by atoms with van der Waals surface area (Å²) in [5.74, 6) is -1.31. The number of rotatable bonds is 7. The number of carboxylic acid groups (broad SMARTS) is 1. The summed E-state index contributed by atoms with van der Waals surface area (Å²) < 4.78 is 14.6. The van der Waals surface area contributed by atoms with E-state index in [1.54, 1.807) is 18.2 Å². The van der Waals surface area contributed by atoms with Crippen LogP contribution in [0.3, 0.4) is 0 Å². The standard InChI is InChI=1S/C24H23FO2/c1-2-3-4-5-17-6-8-18(9-7-17)21-14-15-22(23(25)16-21)19-10-12-20(13-11-19)24(26)27/h6-16H,2-5H2,1H3,(H,26,27). The molecule has 0 heterocycles. The molecule has 0 fully saturated rings. The fraction of sp³-hybridized carbons (Fsp3) is 0.208. The minimum atomic E-state index is -0.990. The number of aryl methyl sites for hydroxylation is 1. The zero-order valence-electron chi connectivity index (χ0n) is 15.4. The van der Waals surface area contributed by atoms with Crippen LogP contribution >= 0.6 is 0 Å². The van der Waals surface area contributed by atoms with Gasteiger partial charge in [-0.1, -0.05) is 68.3 Å². The SMILES string of the molecule is CCCCCc1ccc(-c2ccc(-c3ccc(C(=O)O)cc3)c(F)c2)cc1. The smallest absolute Gasteiger partial charge is 0.335 e. The predicted molar refractivity (Wildman–Crippen MR) is 107 cm³/mol. The van der Waals surface area contributed by atoms with E-state index in [2.05, 4.69) is 19.1 Å². The summed E-state index contributed by atoms with van der Waals surface area (Å²) in [6.07, 6.45) is 4.72. The number of halogens is 1. The molecule has 0 atom stereocenters. The summed E-state index contributed by atoms with van der Waals surface area (Å²) in [5.41, 5.74) is 4.44. The Balaban J connectivity index is 1.79. The van der Waals surface area contributed by atoms with E-state index in [9.17, 15) is 9.18 Å². The lowest BCUT2D eigenvalue weighted by Crippen LogP contribution is -1.95. The van der Waals surface area contributed by atoms with Gasteiger partial charge >= 0.3 is 5.97 Å². The van der Waals surface area contributed by atoms with E-state index in [-0.39, 0.29) is 11.4 Å². The first-order valence-electron chi connectivity index (χ1n) is 9.31. The van der Waals surface area contributed by atoms with Gasteiger partial charge in [-0.15, -0.1) is 0 Å². The molecule has 0 radical (unpaired) electrons. The van der Waals surface area contributed by atoms with Gasteiger partial charge in [-0.2, -0.15) is 0 Å². The zero-order valence-corrected chi connectivity index (χ0v) is 15.4. The van der Waals surface area contributed by atoms with Crippen LogP contribution in [0.5, 0.6) is 0 Å². The number of carbonyl (C=O) groups is 1. The highest BCUT2D eigenvalue weighted by Crippen LogP contribution is 2.28. The molecule has 27 heavy (non-hydrogen) atoms. The average Bonchev–Trinajstić information content (AvgIpc) is 2.69. The van der Waals surface area contributed by atoms with Crippen molar-refractivity contribution in [2.75, 3.05) is 0 Å². The molecule has 0 aromatic heterocycles. The second-order valence-corrected chi connectivity index (χ2v) is 6.73. The molecular weight excluding hydrogens is 339 g/mol. The number of carboxylic acids is 1. The lowest BCUT2D eigenvalue weighted by atomic mass is 9.97. The van der Waals surface area contributed by atoms with Crippen molar-refractivity contribution < 1.29 is 14.3 Å². The maximum absolute atomic E-state index is 14.6. The second-order valence-electron chi connectivity index (χ2n) is 6.73. The fourth-order valence-electron chi connectivity index (χ4n) is 3.16. The van der Waals surface area contributed by atoms with E-state index in [0.29, 0.717) is 11.1 Å². The first kappa shape index (κ1) is 18.8. The van der Waals surface area contributed by atoms with Crippen molar-refractivity contribution in [3.05, 3.63) is 83.7 Å². The number of benzene rings is 3. The van der Waals surface area contributed by atoms with E-state index in [1.165, 1.54) is 43.0 Å². The van der Waals surface area contributed by atoms with Gasteiger partial charge in [-0.05, 0) is 53.3 Å². The van der Waals surface area contributed by atoms with Gasteiger partial charge in [0, 0.05) is 5.56 Å². The van der Waals surface area contributed by atoms with E-state index in [0.717, 1.165) is 17.5 Å². The van der Waals surface area contributed by atoms with Gasteiger partial charge in [0.05, 0.1) is 5.56 Å². The van der Waals surface area contributed by atoms with Gasteiger partial charge in [0.15, 0.2) is 0 Å². The second kappa shape index (κ2) is 8.63. The molecule has 0 aliphatic rings. The van der Waals surface area contributed by atoms with Crippen LogP contribution in [-0.2, 0) is 6.42 Å². The Morgan fingerprint density at radius 3 is 2.07 bits per heavy atom. The van der Waals surface area contributed by atoms with Crippen molar-refractivity contribution in [3.63, 3.8) is 0 Å². The maximum Gasteiger partial charge on any atom is 0.335 e. The van der Waals surface area contributed by atoms with Crippen LogP contribution in [0.15, 0.2) is 66.7 Å². The van der Waals surface area contributed by atoms with Gasteiger partial charge in [0.2, 0.25) is 0 Å². The highest BCUT2D eigenvalue weighted by molar-refractivity contribution is 5.88. The van der Waals surface area contributed by atoms with Crippen LogP contribution in [-0.4, -0.2) is 11.1 Å². The summed E-state index contributed by atoms with van der Waals surface area (Å²) in [7, 11) is 0. The van der Waals surface area contributed by atoms with E-state index in [4.69, 9.17) is 5.11 Å². The molecule has 0 aliphatic heterocycles. The third-order valence-electron chi connectivity index (χ3n) is 4.77. The van der Waals surface area contributed by atoms with Crippen molar-refractivity contribution in [2.24, 2.45) is 0 Å². The van der Waals surface area contributed by atoms with Gasteiger partial charge in [-0.3, -0.25) is 0 Å². The predicted octanol–water partition coefficient (Wildman–Crippen LogP) is 6.59. The average molecular weight is 362 g/mol. The Kier molecular flexibility index (Phi) is 6.02. The Morgan fingerprint density at radius 2 is 1.48 bits per heavy atom. The first-order chi connectivity index (χ1) is 13.1. The number of hydrogen-bond acceptors (Lipinski definition) is 1. The summed E-state index contributed by atoms with van der Waals surface area (Å²) in [6.45, 7) is 2.20. The quantitative estimate of drug-likeness (QED) is 0.481. The summed E-state index contributed by atoms with van der Waals surface area (Å²) >= 11 is 0. The van der Waals surface area contributed by atoms with Crippen molar-refractivity contribution >= 4 is 5.97 Å². The molecule has 0 spiro atoms. The van der Waals surface area contributed by atoms with E-state index in [1.807, 2.05) is 18.2 Å². The van der Waals surface area contributed by atoms with Crippen LogP contribution in [0.2, 0.25) is 0 Å². The molecule has 0 amide bonds. The van der Waals surface area contributed by atoms with Crippen molar-refractivity contribution in [3.8, 4) is 22.3 Å². The largest absolute Gasteiger partial charge is 0.478 e. The Bertz CT molecular complexity index is 912. The molecule has 0 bridgehead atoms. The van der Waals surface area contributed by atoms with Crippen molar-refractivity contribution in [1.29, 1.82) is 0 Å². The normalized spacial score (nSPS) is 10.7. The van der Waals surface area contributed by atoms with Crippen LogP contribution in [0, 0.1) is 5.82 Å². The minimum Gasteiger partial charge on any atom is -0.478 e. The van der Waals surface area contributed by atoms with Crippen molar-refractivity contribution in [2.45, 2.75) is 32.6 Å². The number of unbranched alkanes of at least 4 members (excludes halogenated alkanes) is 2. The molecule has 0 aliphatic carbocycles. The molecule has 0 saturated carbocycles. The molecule has 3 rings (SSSR count). The number of hydrogen-bond donors (Lipinski definition) is 1. The van der Waals surface area contributed by atoms with Gasteiger partial charge in [0.1, 0.15) is 5.82 Å². The number of aromatic carboxylic acids is 1. The Hall–Kier alpha value is -2.94. The highest BCUT2D eigenvalue weighted by atomic mass is 19.1. The molecule has 0 saturated heterocycles. The minimum absolute atomic E-state index is 0.190. The van der Waals surface area contributed by atoms with Crippen LogP contribution in [0.1, 0.15) is 42.1 Å². The topological polar surface area (TPSA) is 37.3 Å². The zero-order chi connectivity index (χ0) is 19.2. The van der Waals surface area contributed by atoms with Crippen LogP contribution in [0.25, 0.3) is 22.3 Å². The van der Waals surface area contributed by atoms with E-state index < -0.39 is 5.97 Å². The Labute approximate surface area is 159 Å². The molecule has 3 aromatic carbocycles. The monoisotopic (exact) mass is 362 g/mol. The van der Waals surface area contributed by atoms with Gasteiger partial charge in [0.25, 0.3) is 0 Å². The van der Waals surface area contributed by atoms with Gasteiger partial charge in [-0.25, -0.2) is 9.18 Å². The molecular formula is C24H23FO2. The summed E-state index contributed by atoms with van der Waals surface area (Å²) in [6, 6.07) is 19.7. The fourth-order valence-corrected chi connectivity index (χ4v) is 3.16. The molecule has 138 valence electrons. The lowest BCUT2D eigenvalue weighted by molar-refractivity contribution is 0.0697. The summed E-state index contributed by atoms with van der Waals surface area (Å²) in [5, 5.41) is 8.97. The molecule has 1 N–H and O–H groups in total. The van der Waals surface area contributed by atoms with Crippen molar-refractivity contribution in [1.82, 2.24) is 0 Å².